The van der Waals surface area contributed by atoms with Crippen LogP contribution in [0.2, 0.25) is 0 Å². The number of nitrogens with zero attached hydrogens (tertiary/aromatic N) is 4. The van der Waals surface area contributed by atoms with Gasteiger partial charge in [0.1, 0.15) is 24.4 Å². The van der Waals surface area contributed by atoms with Crippen LogP contribution in [-0.2, 0) is 17.0 Å². The summed E-state index contributed by atoms with van der Waals surface area (Å²) < 4.78 is 33.2. The second-order valence-electron chi connectivity index (χ2n) is 6.28. The second-order valence-corrected chi connectivity index (χ2v) is 6.28. The van der Waals surface area contributed by atoms with Crippen molar-refractivity contribution in [2.24, 2.45) is 10.7 Å². The number of guanidine groups is 1. The van der Waals surface area contributed by atoms with Gasteiger partial charge in [0.15, 0.2) is 17.9 Å². The summed E-state index contributed by atoms with van der Waals surface area (Å²) in [5, 5.41) is 0. The highest BCUT2D eigenvalue weighted by Crippen LogP contribution is 2.41. The number of aromatic nitrogens is 2. The molecule has 4 rings (SSSR count). The standard InChI is InChI=1S/C19H15F2N5O2/c1-26-17(27)19(25-18(26)22,12-4-5-23-13(7-12)8-20)14-6-11(2-3-15(14)21)16-9-28-10-24-16/h2-7,9-10H,8H2,1H3,(H2,22,25). The van der Waals surface area contributed by atoms with Crippen molar-refractivity contribution < 1.29 is 18.0 Å². The molecule has 0 spiro atoms. The molecule has 2 aromatic heterocycles. The number of hydrogen-bond donors (Lipinski definition) is 1. The highest BCUT2D eigenvalue weighted by molar-refractivity contribution is 6.09. The summed E-state index contributed by atoms with van der Waals surface area (Å²) in [5.74, 6) is -1.29. The number of oxazole rings is 1. The third-order valence-corrected chi connectivity index (χ3v) is 4.70. The molecule has 3 aromatic rings. The number of halogens is 2. The number of alkyl halides is 1. The van der Waals surface area contributed by atoms with E-state index in [1.165, 1.54) is 56.2 Å². The molecule has 9 heteroatoms. The van der Waals surface area contributed by atoms with Gasteiger partial charge in [-0.1, -0.05) is 0 Å². The van der Waals surface area contributed by atoms with Crippen LogP contribution in [0, 0.1) is 5.82 Å². The zero-order chi connectivity index (χ0) is 19.9. The number of benzene rings is 1. The fourth-order valence-corrected chi connectivity index (χ4v) is 3.25. The van der Waals surface area contributed by atoms with Gasteiger partial charge in [-0.05, 0) is 35.9 Å². The minimum absolute atomic E-state index is 0.0266. The predicted octanol–water partition coefficient (Wildman–Crippen LogP) is 2.38. The first-order valence-corrected chi connectivity index (χ1v) is 8.31. The van der Waals surface area contributed by atoms with Crippen LogP contribution in [0.3, 0.4) is 0 Å². The Labute approximate surface area is 158 Å². The molecule has 1 amide bonds. The molecule has 3 heterocycles. The van der Waals surface area contributed by atoms with Crippen LogP contribution in [0.15, 0.2) is 58.6 Å². The summed E-state index contributed by atoms with van der Waals surface area (Å²) in [6.07, 6.45) is 4.00. The zero-order valence-electron chi connectivity index (χ0n) is 14.8. The van der Waals surface area contributed by atoms with Crippen LogP contribution in [-0.4, -0.2) is 33.8 Å². The number of amides is 1. The van der Waals surface area contributed by atoms with Crippen LogP contribution in [0.4, 0.5) is 8.78 Å². The smallest absolute Gasteiger partial charge is 0.266 e. The summed E-state index contributed by atoms with van der Waals surface area (Å²) in [5.41, 5.74) is 5.42. The van der Waals surface area contributed by atoms with Gasteiger partial charge in [-0.2, -0.15) is 0 Å². The highest BCUT2D eigenvalue weighted by atomic mass is 19.1. The van der Waals surface area contributed by atoms with E-state index in [-0.39, 0.29) is 22.8 Å². The maximum Gasteiger partial charge on any atom is 0.266 e. The lowest BCUT2D eigenvalue weighted by atomic mass is 9.81. The minimum atomic E-state index is -1.80. The number of aliphatic imine (C=N–C) groups is 1. The normalized spacial score (nSPS) is 19.2. The molecule has 0 aliphatic carbocycles. The highest BCUT2D eigenvalue weighted by Gasteiger charge is 2.51. The number of rotatable bonds is 4. The van der Waals surface area contributed by atoms with E-state index in [4.69, 9.17) is 10.2 Å². The molecule has 142 valence electrons. The monoisotopic (exact) mass is 383 g/mol. The molecule has 1 aliphatic heterocycles. The minimum Gasteiger partial charge on any atom is -0.451 e. The average Bonchev–Trinajstić information content (AvgIpc) is 3.32. The van der Waals surface area contributed by atoms with E-state index in [0.717, 1.165) is 4.90 Å². The molecular weight excluding hydrogens is 368 g/mol. The lowest BCUT2D eigenvalue weighted by Gasteiger charge is -2.27. The van der Waals surface area contributed by atoms with E-state index in [1.54, 1.807) is 0 Å². The van der Waals surface area contributed by atoms with Crippen molar-refractivity contribution >= 4 is 11.9 Å². The molecule has 2 N–H and O–H groups in total. The Balaban J connectivity index is 2.01. The summed E-state index contributed by atoms with van der Waals surface area (Å²) >= 11 is 0. The van der Waals surface area contributed by atoms with E-state index in [9.17, 15) is 13.6 Å². The molecule has 0 bridgehead atoms. The van der Waals surface area contributed by atoms with E-state index >= 15 is 0 Å². The SMILES string of the molecule is CN1C(=O)C(c2ccnc(CF)c2)(c2cc(-c3cocn3)ccc2F)N=C1N. The maximum atomic E-state index is 15.0. The fraction of sp³-hybridized carbons (Fsp3) is 0.158. The largest absolute Gasteiger partial charge is 0.451 e. The van der Waals surface area contributed by atoms with Crippen molar-refractivity contribution in [3.63, 3.8) is 0 Å². The summed E-state index contributed by atoms with van der Waals surface area (Å²) in [7, 11) is 1.44. The molecule has 0 fully saturated rings. The lowest BCUT2D eigenvalue weighted by Crippen LogP contribution is -2.41. The summed E-state index contributed by atoms with van der Waals surface area (Å²) in [6.45, 7) is -0.839. The summed E-state index contributed by atoms with van der Waals surface area (Å²) in [4.78, 5) is 26.6. The number of carbonyl (C=O) groups excluding carboxylic acids is 1. The number of hydrogen-bond acceptors (Lipinski definition) is 6. The first kappa shape index (κ1) is 17.8. The van der Waals surface area contributed by atoms with Gasteiger partial charge in [0.2, 0.25) is 0 Å². The third kappa shape index (κ3) is 2.55. The van der Waals surface area contributed by atoms with E-state index in [1.807, 2.05) is 0 Å². The third-order valence-electron chi connectivity index (χ3n) is 4.70. The van der Waals surface area contributed by atoms with Crippen molar-refractivity contribution in [1.29, 1.82) is 0 Å². The molecule has 0 radical (unpaired) electrons. The van der Waals surface area contributed by atoms with Crippen LogP contribution in [0.1, 0.15) is 16.8 Å². The van der Waals surface area contributed by atoms with Crippen molar-refractivity contribution in [2.75, 3.05) is 7.05 Å². The van der Waals surface area contributed by atoms with Crippen molar-refractivity contribution in [3.05, 3.63) is 71.8 Å². The van der Waals surface area contributed by atoms with Gasteiger partial charge in [0.05, 0.1) is 5.69 Å². The molecule has 1 unspecified atom stereocenters. The average molecular weight is 383 g/mol. The second kappa shape index (κ2) is 6.52. The van der Waals surface area contributed by atoms with Gasteiger partial charge in [0.25, 0.3) is 5.91 Å². The molecule has 0 saturated heterocycles. The Kier molecular flexibility index (Phi) is 4.14. The number of pyridine rings is 1. The zero-order valence-corrected chi connectivity index (χ0v) is 14.8. The van der Waals surface area contributed by atoms with Crippen LogP contribution in [0.5, 0.6) is 0 Å². The van der Waals surface area contributed by atoms with Crippen molar-refractivity contribution in [1.82, 2.24) is 14.9 Å². The van der Waals surface area contributed by atoms with Gasteiger partial charge in [-0.25, -0.2) is 18.8 Å². The quantitative estimate of drug-likeness (QED) is 0.746. The van der Waals surface area contributed by atoms with Crippen molar-refractivity contribution in [3.8, 4) is 11.3 Å². The molecule has 0 saturated carbocycles. The predicted molar refractivity (Wildman–Crippen MR) is 96.1 cm³/mol. The fourth-order valence-electron chi connectivity index (χ4n) is 3.25. The van der Waals surface area contributed by atoms with E-state index in [0.29, 0.717) is 11.3 Å². The first-order chi connectivity index (χ1) is 13.5. The molecule has 7 nitrogen and oxygen atoms in total. The van der Waals surface area contributed by atoms with Gasteiger partial charge in [-0.3, -0.25) is 14.7 Å². The Morgan fingerprint density at radius 2 is 2.07 bits per heavy atom. The molecule has 1 aliphatic rings. The Hall–Kier alpha value is -3.62. The topological polar surface area (TPSA) is 97.6 Å². The van der Waals surface area contributed by atoms with Crippen LogP contribution in [0.25, 0.3) is 11.3 Å². The van der Waals surface area contributed by atoms with Crippen LogP contribution < -0.4 is 5.73 Å². The van der Waals surface area contributed by atoms with Gasteiger partial charge >= 0.3 is 0 Å². The Morgan fingerprint density at radius 3 is 2.71 bits per heavy atom. The van der Waals surface area contributed by atoms with Gasteiger partial charge < -0.3 is 10.2 Å². The molecule has 1 aromatic carbocycles. The lowest BCUT2D eigenvalue weighted by molar-refractivity contribution is -0.129. The van der Waals surface area contributed by atoms with Gasteiger partial charge in [-0.15, -0.1) is 0 Å². The Morgan fingerprint density at radius 1 is 1.25 bits per heavy atom. The maximum absolute atomic E-state index is 15.0. The van der Waals surface area contributed by atoms with Crippen LogP contribution >= 0.6 is 0 Å². The van der Waals surface area contributed by atoms with Crippen molar-refractivity contribution in [2.45, 2.75) is 12.2 Å². The number of nitrogens with two attached hydrogens (primary N) is 1. The number of likely N-dealkylation sites (N-methyl/N-ethyl adjacent to an activating group) is 1. The van der Waals surface area contributed by atoms with Gasteiger partial charge in [0, 0.05) is 24.4 Å². The molecule has 28 heavy (non-hydrogen) atoms. The van der Waals surface area contributed by atoms with E-state index < -0.39 is 23.9 Å². The summed E-state index contributed by atoms with van der Waals surface area (Å²) in [6, 6.07) is 7.08. The Bertz CT molecular complexity index is 1080. The molecular formula is C19H15F2N5O2. The van der Waals surface area contributed by atoms with E-state index in [2.05, 4.69) is 15.0 Å². The number of carbonyl (C=O) groups is 1. The molecule has 1 atom stereocenters. The first-order valence-electron chi connectivity index (χ1n) is 8.31.